The Morgan fingerprint density at radius 3 is 0.806 bits per heavy atom. The van der Waals surface area contributed by atoms with Gasteiger partial charge >= 0.3 is 0 Å². The van der Waals surface area contributed by atoms with E-state index in [1.807, 2.05) is 0 Å². The van der Waals surface area contributed by atoms with Gasteiger partial charge in [0, 0.05) is 148 Å². The van der Waals surface area contributed by atoms with E-state index in [-0.39, 0.29) is 0 Å². The summed E-state index contributed by atoms with van der Waals surface area (Å²) >= 11 is 0. The quantitative estimate of drug-likeness (QED) is 0.172. The van der Waals surface area contributed by atoms with Crippen molar-refractivity contribution in [2.24, 2.45) is 0 Å². The first-order chi connectivity index (χ1) is 29.7. The fourth-order valence-electron chi connectivity index (χ4n) is 7.51. The topological polar surface area (TPSA) is 42.9 Å². The van der Waals surface area contributed by atoms with Crippen LogP contribution in [0.3, 0.4) is 0 Å². The lowest BCUT2D eigenvalue weighted by molar-refractivity contribution is 0.796. The molecule has 0 amide bonds. The fraction of sp³-hybridized carbons (Fsp3) is 0.235. The van der Waals surface area contributed by atoms with E-state index < -0.39 is 0 Å². The third-order valence-electron chi connectivity index (χ3n) is 11.2. The molecule has 0 spiro atoms. The highest BCUT2D eigenvalue weighted by Crippen LogP contribution is 2.41. The van der Waals surface area contributed by atoms with E-state index >= 15 is 0 Å². The number of hydrogen-bond donors (Lipinski definition) is 0. The van der Waals surface area contributed by atoms with Crippen LogP contribution in [0.15, 0.2) is 147 Å². The summed E-state index contributed by atoms with van der Waals surface area (Å²) in [6.07, 6.45) is 26.3. The highest BCUT2D eigenvalue weighted by Gasteiger charge is 2.28. The summed E-state index contributed by atoms with van der Waals surface area (Å²) in [6, 6.07) is 30.5. The highest BCUT2D eigenvalue weighted by atomic mass is 15.1. The summed E-state index contributed by atoms with van der Waals surface area (Å²) in [4.78, 5) is 2.13. The van der Waals surface area contributed by atoms with Crippen LogP contribution in [-0.2, 0) is 0 Å². The van der Waals surface area contributed by atoms with Gasteiger partial charge in [0.25, 0.3) is 0 Å². The summed E-state index contributed by atoms with van der Waals surface area (Å²) in [5.41, 5.74) is 8.27. The molecule has 0 radical (unpaired) electrons. The van der Waals surface area contributed by atoms with Gasteiger partial charge in [0.2, 0.25) is 26.8 Å². The minimum atomic E-state index is 0.992. The molecule has 5 heterocycles. The van der Waals surface area contributed by atoms with Gasteiger partial charge in [-0.2, -0.15) is 0 Å². The van der Waals surface area contributed by atoms with Crippen LogP contribution in [0.1, 0.15) is 11.1 Å². The van der Waals surface area contributed by atoms with Crippen LogP contribution in [0.4, 0.5) is 5.69 Å². The number of benzene rings is 2. The highest BCUT2D eigenvalue weighted by molar-refractivity contribution is 5.91. The van der Waals surface area contributed by atoms with Crippen LogP contribution in [0, 0.1) is 0 Å². The molecule has 0 unspecified atom stereocenters. The third-order valence-corrected chi connectivity index (χ3v) is 11.2. The first kappa shape index (κ1) is 42.8. The largest absolute Gasteiger partial charge is 0.378 e. The zero-order valence-corrected chi connectivity index (χ0v) is 38.4. The van der Waals surface area contributed by atoms with Gasteiger partial charge in [-0.15, -0.1) is 0 Å². The Bertz CT molecular complexity index is 2940. The Balaban J connectivity index is 1.79. The van der Waals surface area contributed by atoms with Crippen molar-refractivity contribution in [1.29, 1.82) is 0 Å². The summed E-state index contributed by atoms with van der Waals surface area (Å²) in [6.45, 7) is 0. The number of anilines is 1. The van der Waals surface area contributed by atoms with E-state index in [9.17, 15) is 0 Å². The van der Waals surface area contributed by atoms with Crippen molar-refractivity contribution in [3.05, 3.63) is 185 Å². The summed E-state index contributed by atoms with van der Waals surface area (Å²) in [7, 11) is 24.9. The smallest absolute Gasteiger partial charge is 0.202 e. The van der Waals surface area contributed by atoms with Crippen LogP contribution in [0.5, 0.6) is 0 Å². The summed E-state index contributed by atoms with van der Waals surface area (Å²) in [5.74, 6) is 0. The molecule has 0 fully saturated rings. The van der Waals surface area contributed by atoms with E-state index in [0.29, 0.717) is 0 Å². The van der Waals surface area contributed by atoms with Gasteiger partial charge in [0.1, 0.15) is 70.5 Å². The molecule has 11 nitrogen and oxygen atoms in total. The Hall–Kier alpha value is -7.27. The van der Waals surface area contributed by atoms with Gasteiger partial charge in [0.15, 0.2) is 0 Å². The molecule has 0 aliphatic heterocycles. The Morgan fingerprint density at radius 2 is 0.565 bits per heavy atom. The number of rotatable bonds is 8. The Kier molecular flexibility index (Phi) is 12.5. The first-order valence-electron chi connectivity index (χ1n) is 20.9. The van der Waals surface area contributed by atoms with Crippen molar-refractivity contribution in [3.63, 3.8) is 0 Å². The van der Waals surface area contributed by atoms with Crippen molar-refractivity contribution < 1.29 is 0 Å². The molecule has 0 aliphatic rings. The molecule has 7 rings (SSSR count). The van der Waals surface area contributed by atoms with Gasteiger partial charge in [-0.05, 0) is 23.8 Å². The zero-order chi connectivity index (χ0) is 44.2. The minimum absolute atomic E-state index is 0.992. The Morgan fingerprint density at radius 1 is 0.323 bits per heavy atom. The average molecular weight is 829 g/mol. The number of aromatic nitrogens is 5. The van der Waals surface area contributed by atoms with Gasteiger partial charge in [0.05, 0.1) is 28.4 Å². The lowest BCUT2D eigenvalue weighted by atomic mass is 10.00. The van der Waals surface area contributed by atoms with Crippen LogP contribution >= 0.6 is 0 Å². The maximum Gasteiger partial charge on any atom is 0.202 e. The molecule has 0 bridgehead atoms. The maximum absolute atomic E-state index is 2.29. The van der Waals surface area contributed by atoms with Gasteiger partial charge in [-0.1, -0.05) is 18.2 Å². The van der Waals surface area contributed by atoms with Gasteiger partial charge in [-0.25, -0.2) is 22.9 Å². The predicted octanol–water partition coefficient (Wildman–Crippen LogP) is 3.04. The van der Waals surface area contributed by atoms with E-state index in [0.717, 1.165) is 72.0 Å². The second kappa shape index (κ2) is 18.1. The SMILES string of the molecule is CN(C)c1ccc(/C=C/c2c(-n3ccc(=[N+](C)C)cc3)c(-n3ccc(=[N+](C)C)cc3)c(-n3ccc(=[N+](C)C)cc3)c(-n3ccc(=[N+](C)C)cc3)c2-n2ccc(=[N+](C)C)cc2)cc1. The standard InChI is InChI=1S/C51H62N11/c1-52(2)40-16-13-39(14-17-40)15-18-46-47(58-29-19-41(20-30-58)53(3)4)49(60-33-23-43(24-34-60)55(7)8)51(62-37-27-45(28-38-62)57(11)12)50(61-35-25-44(26-36-61)56(9)10)48(46)59-31-21-42(22-32-59)54(5)6/h13-38H,1-12H3/q+5/b18-15+. The molecule has 0 saturated heterocycles. The van der Waals surface area contributed by atoms with Crippen LogP contribution in [0.2, 0.25) is 0 Å². The van der Waals surface area contributed by atoms with Crippen LogP contribution < -0.4 is 54.6 Å². The number of pyridine rings is 5. The molecule has 62 heavy (non-hydrogen) atoms. The predicted molar refractivity (Wildman–Crippen MR) is 258 cm³/mol. The van der Waals surface area contributed by atoms with Crippen molar-refractivity contribution in [3.8, 4) is 28.4 Å². The molecule has 0 N–H and O–H groups in total. The van der Waals surface area contributed by atoms with Crippen molar-refractivity contribution >= 4 is 17.8 Å². The minimum Gasteiger partial charge on any atom is -0.378 e. The molecule has 0 saturated carbocycles. The number of hydrogen-bond acceptors (Lipinski definition) is 1. The van der Waals surface area contributed by atoms with E-state index in [1.54, 1.807) is 0 Å². The zero-order valence-electron chi connectivity index (χ0n) is 38.4. The van der Waals surface area contributed by atoms with Gasteiger partial charge in [-0.3, -0.25) is 0 Å². The van der Waals surface area contributed by atoms with Crippen LogP contribution in [0.25, 0.3) is 40.6 Å². The van der Waals surface area contributed by atoms with Gasteiger partial charge < -0.3 is 27.7 Å². The molecule has 7 aromatic rings. The normalized spacial score (nSPS) is 11.2. The van der Waals surface area contributed by atoms with Crippen molar-refractivity contribution in [2.75, 3.05) is 89.5 Å². The fourth-order valence-corrected chi connectivity index (χ4v) is 7.51. The molecule has 2 aromatic carbocycles. The van der Waals surface area contributed by atoms with Crippen molar-refractivity contribution in [2.45, 2.75) is 0 Å². The molecule has 11 heteroatoms. The molecule has 0 atom stereocenters. The molecule has 316 valence electrons. The third kappa shape index (κ3) is 8.93. The number of nitrogens with zero attached hydrogens (tertiary/aromatic N) is 11. The van der Waals surface area contributed by atoms with Crippen LogP contribution in [-0.4, -0.2) is 107 Å². The summed E-state index contributed by atoms with van der Waals surface area (Å²) in [5, 5.41) is 5.55. The monoisotopic (exact) mass is 829 g/mol. The Labute approximate surface area is 365 Å². The summed E-state index contributed by atoms with van der Waals surface area (Å²) < 4.78 is 22.0. The molecule has 0 aliphatic carbocycles. The average Bonchev–Trinajstić information content (AvgIpc) is 3.27. The second-order valence-electron chi connectivity index (χ2n) is 16.8. The maximum atomic E-state index is 2.29. The van der Waals surface area contributed by atoms with E-state index in [2.05, 4.69) is 294 Å². The second-order valence-corrected chi connectivity index (χ2v) is 16.8. The van der Waals surface area contributed by atoms with E-state index in [4.69, 9.17) is 0 Å². The van der Waals surface area contributed by atoms with E-state index in [1.165, 1.54) is 0 Å². The lowest BCUT2D eigenvalue weighted by Gasteiger charge is -2.29. The first-order valence-corrected chi connectivity index (χ1v) is 20.9. The molecule has 5 aromatic heterocycles. The molecular formula is C51H62N11+5. The van der Waals surface area contributed by atoms with Crippen molar-refractivity contribution in [1.82, 2.24) is 45.7 Å². The molecular weight excluding hydrogens is 767 g/mol. The lowest BCUT2D eigenvalue weighted by Crippen LogP contribution is -2.25.